The lowest BCUT2D eigenvalue weighted by atomic mass is 10.0. The second kappa shape index (κ2) is 4.34. The lowest BCUT2D eigenvalue weighted by molar-refractivity contribution is 0.0599. The van der Waals surface area contributed by atoms with Gasteiger partial charge in [-0.25, -0.2) is 9.59 Å². The van der Waals surface area contributed by atoms with Crippen molar-refractivity contribution < 1.29 is 13.9 Å². The topological polar surface area (TPSA) is 56.5 Å². The van der Waals surface area contributed by atoms with Gasteiger partial charge in [-0.15, -0.1) is 0 Å². The van der Waals surface area contributed by atoms with E-state index in [1.165, 1.54) is 7.11 Å². The van der Waals surface area contributed by atoms with Crippen molar-refractivity contribution >= 4 is 11.5 Å². The molecule has 0 spiro atoms. The van der Waals surface area contributed by atoms with Crippen LogP contribution in [-0.2, 0) is 11.2 Å². The Morgan fingerprint density at radius 3 is 2.80 bits per heavy atom. The average Bonchev–Trinajstić information content (AvgIpc) is 2.91. The summed E-state index contributed by atoms with van der Waals surface area (Å²) in [4.78, 5) is 23.7. The fourth-order valence-electron chi connectivity index (χ4n) is 2.80. The Balaban J connectivity index is 2.41. The number of fused-ring (bicyclic) bond motifs is 3. The molecule has 0 unspecified atom stereocenters. The van der Waals surface area contributed by atoms with Crippen LogP contribution in [0.25, 0.3) is 16.9 Å². The van der Waals surface area contributed by atoms with Crippen molar-refractivity contribution in [2.24, 2.45) is 0 Å². The number of ether oxygens (including phenoxy) is 1. The van der Waals surface area contributed by atoms with Crippen molar-refractivity contribution in [2.75, 3.05) is 7.11 Å². The summed E-state index contributed by atoms with van der Waals surface area (Å²) >= 11 is 0. The Bertz CT molecular complexity index is 767. The Hall–Kier alpha value is -2.36. The van der Waals surface area contributed by atoms with E-state index in [9.17, 15) is 9.59 Å². The highest BCUT2D eigenvalue weighted by molar-refractivity contribution is 5.98. The first-order valence-electron chi connectivity index (χ1n) is 6.40. The molecule has 0 N–H and O–H groups in total. The van der Waals surface area contributed by atoms with E-state index in [4.69, 9.17) is 4.42 Å². The SMILES string of the molecule is C=C1CCc2c(C)ccc3c(C(=O)OC)c(=O)oc-3c21. The van der Waals surface area contributed by atoms with Crippen LogP contribution in [0.5, 0.6) is 0 Å². The molecule has 2 aliphatic carbocycles. The average molecular weight is 270 g/mol. The van der Waals surface area contributed by atoms with Crippen molar-refractivity contribution in [3.63, 3.8) is 0 Å². The van der Waals surface area contributed by atoms with E-state index in [1.54, 1.807) is 6.07 Å². The molecule has 1 aliphatic heterocycles. The van der Waals surface area contributed by atoms with Crippen LogP contribution in [0.4, 0.5) is 0 Å². The molecule has 0 radical (unpaired) electrons. The quantitative estimate of drug-likeness (QED) is 0.748. The smallest absolute Gasteiger partial charge is 0.351 e. The van der Waals surface area contributed by atoms with E-state index in [0.29, 0.717) is 11.3 Å². The number of rotatable bonds is 1. The highest BCUT2D eigenvalue weighted by Gasteiger charge is 2.30. The molecule has 0 aromatic carbocycles. The summed E-state index contributed by atoms with van der Waals surface area (Å²) in [6.07, 6.45) is 1.73. The zero-order valence-electron chi connectivity index (χ0n) is 11.4. The molecular weight excluding hydrogens is 256 g/mol. The molecule has 0 saturated carbocycles. The fraction of sp³-hybridized carbons (Fsp3) is 0.250. The van der Waals surface area contributed by atoms with E-state index >= 15 is 0 Å². The first-order chi connectivity index (χ1) is 9.54. The summed E-state index contributed by atoms with van der Waals surface area (Å²) in [6, 6.07) is 3.65. The van der Waals surface area contributed by atoms with Gasteiger partial charge in [0, 0.05) is 11.1 Å². The second-order valence-electron chi connectivity index (χ2n) is 4.97. The zero-order valence-corrected chi connectivity index (χ0v) is 11.4. The molecule has 0 saturated heterocycles. The third kappa shape index (κ3) is 1.61. The number of furan rings is 1. The Morgan fingerprint density at radius 1 is 1.35 bits per heavy atom. The molecule has 102 valence electrons. The number of hydrogen-bond donors (Lipinski definition) is 0. The molecule has 0 bridgehead atoms. The molecule has 0 atom stereocenters. The Morgan fingerprint density at radius 2 is 2.10 bits per heavy atom. The number of allylic oxidation sites excluding steroid dienone is 1. The van der Waals surface area contributed by atoms with E-state index in [2.05, 4.69) is 11.3 Å². The first-order valence-corrected chi connectivity index (χ1v) is 6.40. The molecule has 0 fully saturated rings. The highest BCUT2D eigenvalue weighted by Crippen LogP contribution is 2.41. The van der Waals surface area contributed by atoms with Crippen molar-refractivity contribution in [1.82, 2.24) is 0 Å². The van der Waals surface area contributed by atoms with Gasteiger partial charge < -0.3 is 9.15 Å². The maximum absolute atomic E-state index is 11.9. The molecule has 1 heterocycles. The number of hydrogen-bond acceptors (Lipinski definition) is 4. The maximum atomic E-state index is 11.9. The van der Waals surface area contributed by atoms with Crippen molar-refractivity contribution in [2.45, 2.75) is 19.8 Å². The molecule has 20 heavy (non-hydrogen) atoms. The molecule has 0 amide bonds. The van der Waals surface area contributed by atoms with Gasteiger partial charge in [-0.05, 0) is 42.5 Å². The van der Waals surface area contributed by atoms with E-state index in [1.807, 2.05) is 13.0 Å². The van der Waals surface area contributed by atoms with Crippen LogP contribution in [0.2, 0.25) is 0 Å². The third-order valence-electron chi connectivity index (χ3n) is 3.84. The van der Waals surface area contributed by atoms with Gasteiger partial charge in [-0.1, -0.05) is 12.6 Å². The third-order valence-corrected chi connectivity index (χ3v) is 3.84. The monoisotopic (exact) mass is 270 g/mol. The second-order valence-corrected chi connectivity index (χ2v) is 4.97. The molecule has 0 aromatic heterocycles. The summed E-state index contributed by atoms with van der Waals surface area (Å²) in [5, 5.41) is 0. The Kier molecular flexibility index (Phi) is 2.74. The molecular formula is C16H14O4. The minimum Gasteiger partial charge on any atom is -0.465 e. The molecule has 4 heteroatoms. The summed E-state index contributed by atoms with van der Waals surface area (Å²) in [7, 11) is 1.25. The molecule has 0 aromatic rings. The van der Waals surface area contributed by atoms with Gasteiger partial charge in [-0.3, -0.25) is 0 Å². The molecule has 3 rings (SSSR count). The van der Waals surface area contributed by atoms with Gasteiger partial charge in [-0.2, -0.15) is 0 Å². The lowest BCUT2D eigenvalue weighted by Gasteiger charge is -2.01. The van der Waals surface area contributed by atoms with Crippen molar-refractivity contribution in [1.29, 1.82) is 0 Å². The molecule has 3 aliphatic rings. The highest BCUT2D eigenvalue weighted by atomic mass is 16.5. The Labute approximate surface area is 116 Å². The number of carbonyl (C=O) groups excluding carboxylic acids is 1. The van der Waals surface area contributed by atoms with Gasteiger partial charge >= 0.3 is 11.6 Å². The van der Waals surface area contributed by atoms with Gasteiger partial charge in [0.25, 0.3) is 0 Å². The van der Waals surface area contributed by atoms with Gasteiger partial charge in [0.1, 0.15) is 5.76 Å². The van der Waals surface area contributed by atoms with Crippen LogP contribution in [0, 0.1) is 6.92 Å². The van der Waals surface area contributed by atoms with E-state index in [-0.39, 0.29) is 5.56 Å². The zero-order chi connectivity index (χ0) is 14.4. The minimum atomic E-state index is -0.671. The lowest BCUT2D eigenvalue weighted by Crippen LogP contribution is -2.11. The first kappa shape index (κ1) is 12.7. The van der Waals surface area contributed by atoms with Crippen LogP contribution in [0.1, 0.15) is 33.5 Å². The number of aryl methyl sites for hydroxylation is 1. The van der Waals surface area contributed by atoms with Gasteiger partial charge in [0.2, 0.25) is 0 Å². The van der Waals surface area contributed by atoms with Gasteiger partial charge in [0.05, 0.1) is 7.11 Å². The van der Waals surface area contributed by atoms with Crippen LogP contribution < -0.4 is 5.63 Å². The number of esters is 1. The predicted molar refractivity (Wildman–Crippen MR) is 75.0 cm³/mol. The van der Waals surface area contributed by atoms with Crippen LogP contribution >= 0.6 is 0 Å². The maximum Gasteiger partial charge on any atom is 0.351 e. The van der Waals surface area contributed by atoms with Crippen LogP contribution in [-0.4, -0.2) is 13.1 Å². The largest absolute Gasteiger partial charge is 0.465 e. The van der Waals surface area contributed by atoms with Crippen LogP contribution in [0.15, 0.2) is 27.9 Å². The van der Waals surface area contributed by atoms with E-state index in [0.717, 1.165) is 35.1 Å². The summed E-state index contributed by atoms with van der Waals surface area (Å²) in [5.41, 5.74) is 3.85. The van der Waals surface area contributed by atoms with E-state index < -0.39 is 11.6 Å². The number of methoxy groups -OCH3 is 1. The summed E-state index contributed by atoms with van der Waals surface area (Å²) in [6.45, 7) is 6.05. The van der Waals surface area contributed by atoms with Gasteiger partial charge in [0.15, 0.2) is 5.56 Å². The summed E-state index contributed by atoms with van der Waals surface area (Å²) in [5.74, 6) is -0.226. The normalized spacial score (nSPS) is 13.6. The van der Waals surface area contributed by atoms with Crippen molar-refractivity contribution in [3.8, 4) is 11.3 Å². The summed E-state index contributed by atoms with van der Waals surface area (Å²) < 4.78 is 10.0. The number of carbonyl (C=O) groups is 1. The molecule has 4 nitrogen and oxygen atoms in total. The fourth-order valence-corrected chi connectivity index (χ4v) is 2.80. The predicted octanol–water partition coefficient (Wildman–Crippen LogP) is 2.80. The minimum absolute atomic E-state index is 0.0417. The van der Waals surface area contributed by atoms with Crippen LogP contribution in [0.3, 0.4) is 0 Å². The van der Waals surface area contributed by atoms with Crippen molar-refractivity contribution in [3.05, 3.63) is 51.4 Å². The standard InChI is InChI=1S/C16H14O4/c1-8-4-7-11-13(15(17)19-3)16(18)20-14(11)12-9(2)5-6-10(8)12/h4,7H,2,5-6H2,1,3H3.